The van der Waals surface area contributed by atoms with Gasteiger partial charge in [-0.3, -0.25) is 4.79 Å². The van der Waals surface area contributed by atoms with Crippen molar-refractivity contribution >= 4 is 22.5 Å². The monoisotopic (exact) mass is 374 g/mol. The highest BCUT2D eigenvalue weighted by molar-refractivity contribution is 6.03. The number of carbonyl (C=O) groups is 2. The molecule has 1 unspecified atom stereocenters. The lowest BCUT2D eigenvalue weighted by Crippen LogP contribution is -2.24. The number of esters is 1. The summed E-state index contributed by atoms with van der Waals surface area (Å²) in [6, 6.07) is 17.0. The molecule has 0 heterocycles. The predicted molar refractivity (Wildman–Crippen MR) is 108 cm³/mol. The van der Waals surface area contributed by atoms with Crippen LogP contribution in [0.15, 0.2) is 54.6 Å². The molecule has 0 aromatic heterocycles. The number of Topliss-reactive ketones (excluding diaryl/α,β-unsaturated/α-hetero) is 1. The molecule has 0 bridgehead atoms. The SMILES string of the molecule is COc1cc2ccccc2cc1C(=O)OC(C)C(=O)c1ccc2c(c1)CCC2. The van der Waals surface area contributed by atoms with Crippen LogP contribution in [0.2, 0.25) is 0 Å². The van der Waals surface area contributed by atoms with Gasteiger partial charge in [-0.1, -0.05) is 36.4 Å². The summed E-state index contributed by atoms with van der Waals surface area (Å²) in [5.41, 5.74) is 3.43. The van der Waals surface area contributed by atoms with Crippen molar-refractivity contribution in [3.63, 3.8) is 0 Å². The lowest BCUT2D eigenvalue weighted by Gasteiger charge is -2.15. The minimum atomic E-state index is -0.872. The molecule has 0 fully saturated rings. The van der Waals surface area contributed by atoms with Crippen LogP contribution in [0.3, 0.4) is 0 Å². The fourth-order valence-corrected chi connectivity index (χ4v) is 3.79. The zero-order valence-corrected chi connectivity index (χ0v) is 16.0. The van der Waals surface area contributed by atoms with Gasteiger partial charge < -0.3 is 9.47 Å². The van der Waals surface area contributed by atoms with E-state index in [9.17, 15) is 9.59 Å². The van der Waals surface area contributed by atoms with Crippen molar-refractivity contribution in [2.24, 2.45) is 0 Å². The number of ether oxygens (including phenoxy) is 2. The first-order chi connectivity index (χ1) is 13.6. The highest BCUT2D eigenvalue weighted by Crippen LogP contribution is 2.27. The Morgan fingerprint density at radius 3 is 2.39 bits per heavy atom. The van der Waals surface area contributed by atoms with Crippen molar-refractivity contribution in [2.45, 2.75) is 32.3 Å². The van der Waals surface area contributed by atoms with E-state index in [0.717, 1.165) is 30.0 Å². The number of hydrogen-bond acceptors (Lipinski definition) is 4. The molecule has 4 nitrogen and oxygen atoms in total. The Bertz CT molecular complexity index is 1070. The van der Waals surface area contributed by atoms with Crippen LogP contribution in [0.5, 0.6) is 5.75 Å². The van der Waals surface area contributed by atoms with Crippen molar-refractivity contribution < 1.29 is 19.1 Å². The second-order valence-corrected chi connectivity index (χ2v) is 7.15. The molecule has 0 aliphatic heterocycles. The smallest absolute Gasteiger partial charge is 0.342 e. The number of aryl methyl sites for hydroxylation is 2. The minimum absolute atomic E-state index is 0.192. The van der Waals surface area contributed by atoms with E-state index in [2.05, 4.69) is 0 Å². The Morgan fingerprint density at radius 1 is 0.929 bits per heavy atom. The summed E-state index contributed by atoms with van der Waals surface area (Å²) >= 11 is 0. The molecule has 1 aliphatic rings. The average Bonchev–Trinajstić information content (AvgIpc) is 3.19. The Kier molecular flexibility index (Phi) is 4.86. The molecule has 3 aromatic rings. The Hall–Kier alpha value is -3.14. The summed E-state index contributed by atoms with van der Waals surface area (Å²) in [4.78, 5) is 25.5. The molecule has 4 rings (SSSR count). The number of ketones is 1. The van der Waals surface area contributed by atoms with Gasteiger partial charge in [-0.05, 0) is 66.3 Å². The first kappa shape index (κ1) is 18.2. The van der Waals surface area contributed by atoms with Crippen LogP contribution >= 0.6 is 0 Å². The van der Waals surface area contributed by atoms with Gasteiger partial charge in [0.1, 0.15) is 11.3 Å². The van der Waals surface area contributed by atoms with Crippen LogP contribution in [-0.4, -0.2) is 25.0 Å². The maximum Gasteiger partial charge on any atom is 0.342 e. The van der Waals surface area contributed by atoms with E-state index in [0.29, 0.717) is 16.9 Å². The molecule has 1 atom stereocenters. The van der Waals surface area contributed by atoms with Crippen molar-refractivity contribution in [2.75, 3.05) is 7.11 Å². The molecule has 0 spiro atoms. The molecule has 0 radical (unpaired) electrons. The number of fused-ring (bicyclic) bond motifs is 2. The van der Waals surface area contributed by atoms with Gasteiger partial charge in [0, 0.05) is 5.56 Å². The van der Waals surface area contributed by atoms with E-state index in [1.165, 1.54) is 18.2 Å². The summed E-state index contributed by atoms with van der Waals surface area (Å²) in [6.45, 7) is 1.61. The van der Waals surface area contributed by atoms with Crippen LogP contribution in [0.25, 0.3) is 10.8 Å². The van der Waals surface area contributed by atoms with Gasteiger partial charge in [0.25, 0.3) is 0 Å². The lowest BCUT2D eigenvalue weighted by atomic mass is 10.0. The molecule has 0 N–H and O–H groups in total. The molecule has 0 saturated carbocycles. The Labute approximate surface area is 164 Å². The molecule has 3 aromatic carbocycles. The fourth-order valence-electron chi connectivity index (χ4n) is 3.79. The third-order valence-electron chi connectivity index (χ3n) is 5.32. The number of methoxy groups -OCH3 is 1. The van der Waals surface area contributed by atoms with Crippen molar-refractivity contribution in [3.8, 4) is 5.75 Å². The average molecular weight is 374 g/mol. The molecule has 0 amide bonds. The largest absolute Gasteiger partial charge is 0.496 e. The standard InChI is InChI=1S/C24H22O4/c1-15(23(25)20-11-10-16-8-5-9-17(16)12-20)28-24(26)21-13-18-6-3-4-7-19(18)14-22(21)27-2/h3-4,6-7,10-15H,5,8-9H2,1-2H3. The highest BCUT2D eigenvalue weighted by Gasteiger charge is 2.24. The summed E-state index contributed by atoms with van der Waals surface area (Å²) < 4.78 is 10.9. The second-order valence-electron chi connectivity index (χ2n) is 7.15. The fraction of sp³-hybridized carbons (Fsp3) is 0.250. The third kappa shape index (κ3) is 3.38. The van der Waals surface area contributed by atoms with Crippen molar-refractivity contribution in [1.82, 2.24) is 0 Å². The van der Waals surface area contributed by atoms with Gasteiger partial charge in [-0.25, -0.2) is 4.79 Å². The predicted octanol–water partition coefficient (Wildman–Crippen LogP) is 4.77. The van der Waals surface area contributed by atoms with Gasteiger partial charge in [-0.2, -0.15) is 0 Å². The van der Waals surface area contributed by atoms with Crippen LogP contribution in [0.1, 0.15) is 45.2 Å². The van der Waals surface area contributed by atoms with E-state index < -0.39 is 12.1 Å². The van der Waals surface area contributed by atoms with Gasteiger partial charge in [0.05, 0.1) is 7.11 Å². The zero-order chi connectivity index (χ0) is 19.7. The minimum Gasteiger partial charge on any atom is -0.496 e. The molecule has 1 aliphatic carbocycles. The van der Waals surface area contributed by atoms with Crippen LogP contribution in [0, 0.1) is 0 Å². The van der Waals surface area contributed by atoms with E-state index in [4.69, 9.17) is 9.47 Å². The van der Waals surface area contributed by atoms with E-state index in [1.54, 1.807) is 19.1 Å². The summed E-state index contributed by atoms with van der Waals surface area (Å²) in [7, 11) is 1.51. The van der Waals surface area contributed by atoms with Crippen molar-refractivity contribution in [3.05, 3.63) is 76.9 Å². The molecule has 142 valence electrons. The first-order valence-corrected chi connectivity index (χ1v) is 9.50. The highest BCUT2D eigenvalue weighted by atomic mass is 16.5. The van der Waals surface area contributed by atoms with Crippen LogP contribution in [0.4, 0.5) is 0 Å². The van der Waals surface area contributed by atoms with E-state index in [1.807, 2.05) is 42.5 Å². The molecular formula is C24H22O4. The Morgan fingerprint density at radius 2 is 1.64 bits per heavy atom. The van der Waals surface area contributed by atoms with Gasteiger partial charge in [-0.15, -0.1) is 0 Å². The second kappa shape index (κ2) is 7.47. The number of benzene rings is 3. The first-order valence-electron chi connectivity index (χ1n) is 9.50. The maximum absolute atomic E-state index is 12.8. The van der Waals surface area contributed by atoms with Crippen LogP contribution in [-0.2, 0) is 17.6 Å². The van der Waals surface area contributed by atoms with Gasteiger partial charge >= 0.3 is 5.97 Å². The molecular weight excluding hydrogens is 352 g/mol. The molecule has 0 saturated heterocycles. The summed E-state index contributed by atoms with van der Waals surface area (Å²) in [5, 5.41) is 1.88. The topological polar surface area (TPSA) is 52.6 Å². The quantitative estimate of drug-likeness (QED) is 0.477. The normalized spacial score (nSPS) is 13.8. The maximum atomic E-state index is 12.8. The van der Waals surface area contributed by atoms with Gasteiger partial charge in [0.2, 0.25) is 5.78 Å². The summed E-state index contributed by atoms with van der Waals surface area (Å²) in [6.07, 6.45) is 2.32. The lowest BCUT2D eigenvalue weighted by molar-refractivity contribution is 0.0316. The summed E-state index contributed by atoms with van der Waals surface area (Å²) in [5.74, 6) is -0.326. The van der Waals surface area contributed by atoms with Gasteiger partial charge in [0.15, 0.2) is 6.10 Å². The Balaban J connectivity index is 1.56. The van der Waals surface area contributed by atoms with Crippen molar-refractivity contribution in [1.29, 1.82) is 0 Å². The molecule has 4 heteroatoms. The number of rotatable bonds is 5. The van der Waals surface area contributed by atoms with Crippen LogP contribution < -0.4 is 4.74 Å². The van der Waals surface area contributed by atoms with E-state index in [-0.39, 0.29) is 5.78 Å². The molecule has 28 heavy (non-hydrogen) atoms. The van der Waals surface area contributed by atoms with E-state index >= 15 is 0 Å². The number of carbonyl (C=O) groups excluding carboxylic acids is 2. The number of hydrogen-bond donors (Lipinski definition) is 0. The third-order valence-corrected chi connectivity index (χ3v) is 5.32. The zero-order valence-electron chi connectivity index (χ0n) is 16.0.